The van der Waals surface area contributed by atoms with Gasteiger partial charge in [-0.1, -0.05) is 18.2 Å². The molecule has 2 atom stereocenters. The van der Waals surface area contributed by atoms with E-state index < -0.39 is 64.4 Å². The van der Waals surface area contributed by atoms with Crippen LogP contribution in [0.3, 0.4) is 0 Å². The Morgan fingerprint density at radius 3 is 2.52 bits per heavy atom. The van der Waals surface area contributed by atoms with Gasteiger partial charge in [0.15, 0.2) is 0 Å². The van der Waals surface area contributed by atoms with Crippen molar-refractivity contribution in [1.82, 2.24) is 18.9 Å². The van der Waals surface area contributed by atoms with Gasteiger partial charge in [0.1, 0.15) is 17.5 Å². The van der Waals surface area contributed by atoms with E-state index in [1.54, 1.807) is 13.0 Å². The normalized spacial score (nSPS) is 19.7. The first-order valence-corrected chi connectivity index (χ1v) is 16.5. The van der Waals surface area contributed by atoms with E-state index in [9.17, 15) is 30.8 Å². The van der Waals surface area contributed by atoms with Crippen molar-refractivity contribution in [3.63, 3.8) is 0 Å². The molecule has 0 spiro atoms. The number of nitrogens with zero attached hydrogens (tertiary/aromatic N) is 3. The van der Waals surface area contributed by atoms with Gasteiger partial charge in [-0.3, -0.25) is 9.78 Å². The molecule has 2 aliphatic heterocycles. The van der Waals surface area contributed by atoms with Gasteiger partial charge in [0.05, 0.1) is 24.6 Å². The number of aromatic nitrogens is 1. The van der Waals surface area contributed by atoms with Crippen LogP contribution in [-0.4, -0.2) is 72.6 Å². The molecule has 8 nitrogen and oxygen atoms in total. The molecule has 0 aliphatic carbocycles. The zero-order chi connectivity index (χ0) is 33.1. The number of rotatable bonds is 11. The van der Waals surface area contributed by atoms with E-state index in [1.807, 2.05) is 0 Å². The summed E-state index contributed by atoms with van der Waals surface area (Å²) >= 11 is 0. The fourth-order valence-corrected chi connectivity index (χ4v) is 8.00. The van der Waals surface area contributed by atoms with Crippen molar-refractivity contribution in [1.29, 1.82) is 0 Å². The maximum absolute atomic E-state index is 15.0. The van der Waals surface area contributed by atoms with Crippen LogP contribution < -0.4 is 10.6 Å². The average molecular weight is 666 g/mol. The van der Waals surface area contributed by atoms with Crippen molar-refractivity contribution >= 4 is 21.8 Å². The zero-order valence-corrected chi connectivity index (χ0v) is 26.1. The second-order valence-electron chi connectivity index (χ2n) is 11.9. The molecule has 2 N–H and O–H groups in total. The summed E-state index contributed by atoms with van der Waals surface area (Å²) in [5.74, 6) is -5.77. The number of amides is 1. The third-order valence-corrected chi connectivity index (χ3v) is 10.5. The van der Waals surface area contributed by atoms with Crippen molar-refractivity contribution in [3.8, 4) is 0 Å². The molecule has 0 saturated carbocycles. The van der Waals surface area contributed by atoms with Crippen LogP contribution in [0.1, 0.15) is 53.9 Å². The number of pyridine rings is 1. The minimum absolute atomic E-state index is 0.125. The van der Waals surface area contributed by atoms with Crippen LogP contribution in [0.5, 0.6) is 0 Å². The summed E-state index contributed by atoms with van der Waals surface area (Å²) in [6.07, 6.45) is 2.46. The van der Waals surface area contributed by atoms with Gasteiger partial charge in [0.2, 0.25) is 5.91 Å². The summed E-state index contributed by atoms with van der Waals surface area (Å²) in [6, 6.07) is 9.48. The molecule has 0 unspecified atom stereocenters. The van der Waals surface area contributed by atoms with Gasteiger partial charge in [-0.05, 0) is 67.1 Å². The van der Waals surface area contributed by atoms with Crippen molar-refractivity contribution in [2.75, 3.05) is 38.0 Å². The standard InChI is InChI=1S/C32H36F5N5O3S/c1-21-13-23(15-25(34)14-21)28(22-5-7-24(33)8-6-22)16-31(43)40-30-19-39-18-29(35)27(30)4-2-3-26-17-38-10-12-42(26)46(44,45)41-11-9-32(36,37)20-41/h5-8,13-15,18-19,26,28,38H,2-4,9-12,16-17,20H2,1H3,(H,40,43)/t26-,28-/m0/s1. The van der Waals surface area contributed by atoms with Gasteiger partial charge < -0.3 is 10.6 Å². The van der Waals surface area contributed by atoms with Crippen LogP contribution in [0.2, 0.25) is 0 Å². The molecule has 46 heavy (non-hydrogen) atoms. The van der Waals surface area contributed by atoms with Crippen LogP contribution in [0.25, 0.3) is 0 Å². The Balaban J connectivity index is 1.28. The molecule has 2 fully saturated rings. The zero-order valence-electron chi connectivity index (χ0n) is 25.3. The Kier molecular flexibility index (Phi) is 10.4. The molecule has 248 valence electrons. The lowest BCUT2D eigenvalue weighted by Crippen LogP contribution is -2.57. The maximum atomic E-state index is 15.0. The van der Waals surface area contributed by atoms with Gasteiger partial charge in [0.25, 0.3) is 16.1 Å². The molecule has 5 rings (SSSR count). The Hall–Kier alpha value is -3.46. The van der Waals surface area contributed by atoms with Gasteiger partial charge in [0, 0.05) is 56.5 Å². The predicted molar refractivity (Wildman–Crippen MR) is 163 cm³/mol. The lowest BCUT2D eigenvalue weighted by Gasteiger charge is -2.37. The third kappa shape index (κ3) is 8.08. The van der Waals surface area contributed by atoms with Gasteiger partial charge in [-0.15, -0.1) is 0 Å². The Bertz CT molecular complexity index is 1640. The van der Waals surface area contributed by atoms with Gasteiger partial charge in [-0.2, -0.15) is 17.0 Å². The van der Waals surface area contributed by atoms with Crippen LogP contribution in [0.15, 0.2) is 54.9 Å². The van der Waals surface area contributed by atoms with Gasteiger partial charge >= 0.3 is 0 Å². The Morgan fingerprint density at radius 2 is 1.83 bits per heavy atom. The Morgan fingerprint density at radius 1 is 1.07 bits per heavy atom. The van der Waals surface area contributed by atoms with Crippen LogP contribution in [-0.2, 0) is 21.4 Å². The van der Waals surface area contributed by atoms with Crippen molar-refractivity contribution in [2.24, 2.45) is 0 Å². The molecule has 14 heteroatoms. The number of alkyl halides is 2. The number of hydrogen-bond donors (Lipinski definition) is 2. The van der Waals surface area contributed by atoms with E-state index >= 15 is 4.39 Å². The number of carbonyl (C=O) groups excluding carboxylic acids is 1. The highest BCUT2D eigenvalue weighted by atomic mass is 32.2. The highest BCUT2D eigenvalue weighted by Gasteiger charge is 2.46. The first kappa shape index (κ1) is 33.9. The minimum Gasteiger partial charge on any atom is -0.324 e. The maximum Gasteiger partial charge on any atom is 0.282 e. The quantitative estimate of drug-likeness (QED) is 0.277. The number of benzene rings is 2. The van der Waals surface area contributed by atoms with Crippen molar-refractivity contribution < 1.29 is 35.2 Å². The van der Waals surface area contributed by atoms with E-state index in [0.29, 0.717) is 42.6 Å². The number of piperazine rings is 1. The second-order valence-corrected chi connectivity index (χ2v) is 13.8. The summed E-state index contributed by atoms with van der Waals surface area (Å²) in [5, 5.41) is 5.86. The average Bonchev–Trinajstić information content (AvgIpc) is 3.38. The number of carbonyl (C=O) groups is 1. The van der Waals surface area contributed by atoms with Crippen LogP contribution in [0.4, 0.5) is 27.6 Å². The summed E-state index contributed by atoms with van der Waals surface area (Å²) in [4.78, 5) is 17.2. The molecule has 3 aromatic rings. The Labute approximate surface area is 265 Å². The largest absolute Gasteiger partial charge is 0.324 e. The molecule has 2 aromatic carbocycles. The van der Waals surface area contributed by atoms with Crippen molar-refractivity contribution in [2.45, 2.75) is 56.9 Å². The highest BCUT2D eigenvalue weighted by molar-refractivity contribution is 7.86. The lowest BCUT2D eigenvalue weighted by molar-refractivity contribution is -0.116. The first-order valence-electron chi connectivity index (χ1n) is 15.1. The molecule has 2 aliphatic rings. The summed E-state index contributed by atoms with van der Waals surface area (Å²) in [6.45, 7) is 1.44. The lowest BCUT2D eigenvalue weighted by atomic mass is 9.87. The smallest absolute Gasteiger partial charge is 0.282 e. The molecule has 0 radical (unpaired) electrons. The van der Waals surface area contributed by atoms with E-state index in [2.05, 4.69) is 15.6 Å². The molecular weight excluding hydrogens is 629 g/mol. The molecule has 1 amide bonds. The third-order valence-electron chi connectivity index (χ3n) is 8.43. The summed E-state index contributed by atoms with van der Waals surface area (Å²) in [5.41, 5.74) is 2.09. The number of hydrogen-bond acceptors (Lipinski definition) is 5. The molecule has 1 aromatic heterocycles. The summed E-state index contributed by atoms with van der Waals surface area (Å²) < 4.78 is 99.2. The highest BCUT2D eigenvalue weighted by Crippen LogP contribution is 2.33. The molecule has 0 bridgehead atoms. The van der Waals surface area contributed by atoms with Crippen LogP contribution >= 0.6 is 0 Å². The topological polar surface area (TPSA) is 94.6 Å². The predicted octanol–water partition coefficient (Wildman–Crippen LogP) is 5.15. The number of aryl methyl sites for hydroxylation is 1. The molecular formula is C32H36F5N5O3S. The monoisotopic (exact) mass is 665 g/mol. The van der Waals surface area contributed by atoms with E-state index in [-0.39, 0.29) is 37.2 Å². The van der Waals surface area contributed by atoms with E-state index in [4.69, 9.17) is 0 Å². The first-order chi connectivity index (χ1) is 21.8. The molecule has 2 saturated heterocycles. The van der Waals surface area contributed by atoms with E-state index in [0.717, 1.165) is 10.5 Å². The molecule has 3 heterocycles. The van der Waals surface area contributed by atoms with E-state index in [1.165, 1.54) is 46.9 Å². The minimum atomic E-state index is -4.11. The van der Waals surface area contributed by atoms with Crippen molar-refractivity contribution in [3.05, 3.63) is 94.6 Å². The fraction of sp³-hybridized carbons (Fsp3) is 0.438. The number of nitrogens with one attached hydrogen (secondary N) is 2. The number of halogens is 5. The number of anilines is 1. The SMILES string of the molecule is Cc1cc(F)cc([C@@H](CC(=O)Nc2cncc(F)c2CCC[C@H]2CNCCN2S(=O)(=O)N2CCC(F)(F)C2)c2ccc(F)cc2)c1. The van der Waals surface area contributed by atoms with Gasteiger partial charge in [-0.25, -0.2) is 22.0 Å². The second kappa shape index (κ2) is 14.1. The van der Waals surface area contributed by atoms with Crippen LogP contribution in [0, 0.1) is 24.4 Å². The summed E-state index contributed by atoms with van der Waals surface area (Å²) in [7, 11) is -4.11. The fourth-order valence-electron chi connectivity index (χ4n) is 6.16.